The molecule has 0 aliphatic rings. The Bertz CT molecular complexity index is 2140. The molecule has 0 saturated heterocycles. The van der Waals surface area contributed by atoms with Crippen molar-refractivity contribution in [1.82, 2.24) is 0 Å². The fourth-order valence-electron chi connectivity index (χ4n) is 5.77. The minimum absolute atomic E-state index is 0.00887. The molecular formula is C44H34. The summed E-state index contributed by atoms with van der Waals surface area (Å²) >= 11 is 0. The van der Waals surface area contributed by atoms with Crippen molar-refractivity contribution < 1.29 is 0 Å². The highest BCUT2D eigenvalue weighted by molar-refractivity contribution is 6.24. The Morgan fingerprint density at radius 2 is 0.750 bits per heavy atom. The molecule has 0 amide bonds. The Balaban J connectivity index is 1.51. The highest BCUT2D eigenvalue weighted by atomic mass is 14.2. The summed E-state index contributed by atoms with van der Waals surface area (Å²) in [6, 6.07) is 29.8. The third-order valence-corrected chi connectivity index (χ3v) is 8.41. The second kappa shape index (κ2) is 10.7. The van der Waals surface area contributed by atoms with E-state index in [9.17, 15) is 0 Å². The van der Waals surface area contributed by atoms with Gasteiger partial charge in [0.05, 0.1) is 0 Å². The fraction of sp³-hybridized carbons (Fsp3) is 0.182. The van der Waals surface area contributed by atoms with Crippen molar-refractivity contribution in [2.75, 3.05) is 0 Å². The lowest BCUT2D eigenvalue weighted by Crippen LogP contribution is -2.11. The van der Waals surface area contributed by atoms with Crippen molar-refractivity contribution in [3.8, 4) is 48.4 Å². The van der Waals surface area contributed by atoms with Gasteiger partial charge in [0.25, 0.3) is 0 Å². The van der Waals surface area contributed by atoms with Crippen molar-refractivity contribution in [2.45, 2.75) is 52.4 Å². The van der Waals surface area contributed by atoms with Crippen LogP contribution in [0, 0.1) is 48.4 Å². The molecule has 44 heavy (non-hydrogen) atoms. The maximum Gasteiger partial charge on any atom is 0.0408 e. The highest BCUT2D eigenvalue weighted by Crippen LogP contribution is 2.37. The summed E-state index contributed by atoms with van der Waals surface area (Å²) in [6.45, 7) is 13.2. The van der Waals surface area contributed by atoms with Crippen LogP contribution in [0.3, 0.4) is 0 Å². The molecule has 6 aromatic carbocycles. The van der Waals surface area contributed by atoms with Crippen LogP contribution in [0.2, 0.25) is 0 Å². The Morgan fingerprint density at radius 3 is 1.11 bits per heavy atom. The number of benzene rings is 6. The molecule has 0 bridgehead atoms. The molecule has 0 saturated carbocycles. The van der Waals surface area contributed by atoms with Gasteiger partial charge in [0.15, 0.2) is 0 Å². The van der Waals surface area contributed by atoms with Crippen LogP contribution in [0.25, 0.3) is 32.3 Å². The van der Waals surface area contributed by atoms with Gasteiger partial charge in [-0.15, -0.1) is 12.8 Å². The summed E-state index contributed by atoms with van der Waals surface area (Å²) < 4.78 is 0. The maximum atomic E-state index is 5.85. The van der Waals surface area contributed by atoms with E-state index in [2.05, 4.69) is 150 Å². The predicted octanol–water partition coefficient (Wildman–Crippen LogP) is 9.94. The molecule has 0 aliphatic carbocycles. The summed E-state index contributed by atoms with van der Waals surface area (Å²) in [5.41, 5.74) is 7.78. The average molecular weight is 563 g/mol. The van der Waals surface area contributed by atoms with E-state index >= 15 is 0 Å². The van der Waals surface area contributed by atoms with Gasteiger partial charge < -0.3 is 0 Å². The van der Waals surface area contributed by atoms with Gasteiger partial charge in [-0.3, -0.25) is 0 Å². The second-order valence-electron chi connectivity index (χ2n) is 13.5. The van der Waals surface area contributed by atoms with E-state index in [-0.39, 0.29) is 10.8 Å². The lowest BCUT2D eigenvalue weighted by molar-refractivity contribution is 0.590. The first-order valence-electron chi connectivity index (χ1n) is 14.9. The minimum atomic E-state index is 0.00887. The molecule has 0 spiro atoms. The lowest BCUT2D eigenvalue weighted by Gasteiger charge is -2.19. The first-order chi connectivity index (χ1) is 21.0. The topological polar surface area (TPSA) is 0 Å². The van der Waals surface area contributed by atoms with E-state index in [1.807, 2.05) is 12.1 Å². The molecule has 0 heterocycles. The number of terminal acetylenes is 2. The minimum Gasteiger partial charge on any atom is -0.115 e. The molecule has 0 atom stereocenters. The summed E-state index contributed by atoms with van der Waals surface area (Å²) in [7, 11) is 0. The van der Waals surface area contributed by atoms with Crippen LogP contribution in [-0.2, 0) is 10.8 Å². The Labute approximate surface area is 261 Å². The molecular weight excluding hydrogens is 528 g/mol. The summed E-state index contributed by atoms with van der Waals surface area (Å²) in [5.74, 6) is 19.4. The van der Waals surface area contributed by atoms with E-state index < -0.39 is 0 Å². The van der Waals surface area contributed by atoms with E-state index in [1.165, 1.54) is 32.7 Å². The summed E-state index contributed by atoms with van der Waals surface area (Å²) in [5, 5.41) is 7.02. The van der Waals surface area contributed by atoms with Gasteiger partial charge in [0.2, 0.25) is 0 Å². The van der Waals surface area contributed by atoms with Gasteiger partial charge in [-0.05, 0) is 90.7 Å². The Kier molecular flexibility index (Phi) is 6.98. The van der Waals surface area contributed by atoms with Crippen LogP contribution in [0.1, 0.15) is 86.1 Å². The average Bonchev–Trinajstić information content (AvgIpc) is 3.00. The van der Waals surface area contributed by atoms with Gasteiger partial charge in [-0.2, -0.15) is 0 Å². The zero-order valence-electron chi connectivity index (χ0n) is 26.2. The van der Waals surface area contributed by atoms with Gasteiger partial charge >= 0.3 is 0 Å². The molecule has 0 radical (unpaired) electrons. The number of hydrogen-bond acceptors (Lipinski definition) is 0. The van der Waals surface area contributed by atoms with Crippen LogP contribution in [0.5, 0.6) is 0 Å². The molecule has 0 N–H and O–H groups in total. The van der Waals surface area contributed by atoms with E-state index in [0.717, 1.165) is 44.2 Å². The second-order valence-corrected chi connectivity index (χ2v) is 13.5. The summed E-state index contributed by atoms with van der Waals surface area (Å²) in [6.07, 6.45) is 11.7. The van der Waals surface area contributed by atoms with E-state index in [1.54, 1.807) is 0 Å². The Morgan fingerprint density at radius 1 is 0.409 bits per heavy atom. The van der Waals surface area contributed by atoms with Crippen molar-refractivity contribution in [3.05, 3.63) is 129 Å². The maximum absolute atomic E-state index is 5.85. The standard InChI is InChI=1S/C44H34/c1-9-29-21-23-37(43(3,4)5)27-35(29)19-13-31-11-15-33-17-18-34-16-12-32(40-26-25-39(31)41(33)42(34)40)14-20-36-28-38(44(6,7)8)24-22-30(36)10-2/h1-2,11-12,15-18,21-28H,3-8H3. The fourth-order valence-corrected chi connectivity index (χ4v) is 5.77. The molecule has 6 aromatic rings. The smallest absolute Gasteiger partial charge is 0.0408 e. The number of rotatable bonds is 0. The highest BCUT2D eigenvalue weighted by Gasteiger charge is 2.16. The van der Waals surface area contributed by atoms with Crippen molar-refractivity contribution in [2.24, 2.45) is 0 Å². The summed E-state index contributed by atoms with van der Waals surface area (Å²) in [4.78, 5) is 0. The van der Waals surface area contributed by atoms with Crippen LogP contribution in [-0.4, -0.2) is 0 Å². The molecule has 0 unspecified atom stereocenters. The molecule has 0 aliphatic heterocycles. The van der Waals surface area contributed by atoms with Crippen LogP contribution in [0.4, 0.5) is 0 Å². The van der Waals surface area contributed by atoms with Gasteiger partial charge in [-0.1, -0.05) is 126 Å². The molecule has 0 nitrogen and oxygen atoms in total. The van der Waals surface area contributed by atoms with E-state index in [4.69, 9.17) is 12.8 Å². The third-order valence-electron chi connectivity index (χ3n) is 8.41. The number of hydrogen-bond donors (Lipinski definition) is 0. The zero-order chi connectivity index (χ0) is 31.2. The zero-order valence-corrected chi connectivity index (χ0v) is 26.2. The molecule has 0 heteroatoms. The van der Waals surface area contributed by atoms with E-state index in [0.29, 0.717) is 0 Å². The monoisotopic (exact) mass is 562 g/mol. The first-order valence-corrected chi connectivity index (χ1v) is 14.9. The van der Waals surface area contributed by atoms with Gasteiger partial charge in [-0.25, -0.2) is 0 Å². The largest absolute Gasteiger partial charge is 0.115 e. The first kappa shape index (κ1) is 28.7. The quantitative estimate of drug-likeness (QED) is 0.128. The normalized spacial score (nSPS) is 11.5. The van der Waals surface area contributed by atoms with Gasteiger partial charge in [0, 0.05) is 33.4 Å². The van der Waals surface area contributed by atoms with Crippen LogP contribution in [0.15, 0.2) is 84.9 Å². The van der Waals surface area contributed by atoms with Gasteiger partial charge in [0.1, 0.15) is 0 Å². The van der Waals surface area contributed by atoms with Crippen molar-refractivity contribution >= 4 is 32.3 Å². The van der Waals surface area contributed by atoms with Crippen molar-refractivity contribution in [3.63, 3.8) is 0 Å². The predicted molar refractivity (Wildman–Crippen MR) is 188 cm³/mol. The Hall–Kier alpha value is -5.40. The SMILES string of the molecule is C#Cc1ccc(C(C)(C)C)cc1C#Cc1ccc2ccc3ccc(C#Cc4cc(C(C)(C)C)ccc4C#C)c4ccc1c2c34. The molecule has 0 aromatic heterocycles. The lowest BCUT2D eigenvalue weighted by atomic mass is 9.85. The molecule has 6 rings (SSSR count). The molecule has 210 valence electrons. The third kappa shape index (κ3) is 5.18. The molecule has 0 fully saturated rings. The van der Waals surface area contributed by atoms with Crippen LogP contribution >= 0.6 is 0 Å². The van der Waals surface area contributed by atoms with Crippen molar-refractivity contribution in [1.29, 1.82) is 0 Å². The van der Waals surface area contributed by atoms with Crippen LogP contribution < -0.4 is 0 Å².